The molecule has 0 spiro atoms. The Morgan fingerprint density at radius 1 is 0.938 bits per heavy atom. The van der Waals surface area contributed by atoms with Crippen LogP contribution >= 0.6 is 0 Å². The molecular formula is C13H24N2O. The molecule has 0 aromatic heterocycles. The summed E-state index contributed by atoms with van der Waals surface area (Å²) in [7, 11) is 0. The molecule has 0 aromatic rings. The Kier molecular flexibility index (Phi) is 3.18. The van der Waals surface area contributed by atoms with E-state index in [1.54, 1.807) is 0 Å². The number of nitrogens with one attached hydrogen (secondary N) is 1. The van der Waals surface area contributed by atoms with Crippen molar-refractivity contribution in [2.75, 3.05) is 19.6 Å². The summed E-state index contributed by atoms with van der Waals surface area (Å²) < 4.78 is 0. The number of aliphatic hydroxyl groups excluding tert-OH is 1. The van der Waals surface area contributed by atoms with Gasteiger partial charge in [0.2, 0.25) is 0 Å². The van der Waals surface area contributed by atoms with Gasteiger partial charge < -0.3 is 15.3 Å². The van der Waals surface area contributed by atoms with Crippen molar-refractivity contribution in [1.29, 1.82) is 0 Å². The van der Waals surface area contributed by atoms with Crippen molar-refractivity contribution in [2.24, 2.45) is 5.92 Å². The van der Waals surface area contributed by atoms with Crippen molar-refractivity contribution < 1.29 is 5.11 Å². The van der Waals surface area contributed by atoms with Gasteiger partial charge in [-0.15, -0.1) is 0 Å². The molecule has 1 aliphatic carbocycles. The van der Waals surface area contributed by atoms with Crippen molar-refractivity contribution in [3.8, 4) is 0 Å². The molecule has 2 heterocycles. The van der Waals surface area contributed by atoms with Gasteiger partial charge in [0.05, 0.1) is 6.10 Å². The van der Waals surface area contributed by atoms with Crippen LogP contribution in [-0.4, -0.2) is 47.8 Å². The van der Waals surface area contributed by atoms with Crippen LogP contribution < -0.4 is 5.32 Å². The molecular weight excluding hydrogens is 200 g/mol. The second-order valence-electron chi connectivity index (χ2n) is 5.92. The summed E-state index contributed by atoms with van der Waals surface area (Å²) in [5.41, 5.74) is 0. The molecule has 3 nitrogen and oxygen atoms in total. The molecule has 2 N–H and O–H groups in total. The topological polar surface area (TPSA) is 35.5 Å². The first-order valence-electron chi connectivity index (χ1n) is 6.98. The maximum absolute atomic E-state index is 9.50. The average Bonchev–Trinajstić information content (AvgIpc) is 2.69. The van der Waals surface area contributed by atoms with E-state index >= 15 is 0 Å². The van der Waals surface area contributed by atoms with E-state index in [0.29, 0.717) is 6.04 Å². The summed E-state index contributed by atoms with van der Waals surface area (Å²) in [5.74, 6) is 0.903. The second-order valence-corrected chi connectivity index (χ2v) is 5.92. The van der Waals surface area contributed by atoms with Crippen LogP contribution in [0.2, 0.25) is 0 Å². The van der Waals surface area contributed by atoms with Crippen LogP contribution in [0.5, 0.6) is 0 Å². The highest BCUT2D eigenvalue weighted by Gasteiger charge is 2.35. The zero-order chi connectivity index (χ0) is 11.0. The molecule has 3 fully saturated rings. The fourth-order valence-electron chi connectivity index (χ4n) is 3.72. The monoisotopic (exact) mass is 224 g/mol. The van der Waals surface area contributed by atoms with E-state index in [1.807, 2.05) is 0 Å². The summed E-state index contributed by atoms with van der Waals surface area (Å²) in [5, 5.41) is 13.4. The van der Waals surface area contributed by atoms with Crippen molar-refractivity contribution in [2.45, 2.75) is 56.7 Å². The van der Waals surface area contributed by atoms with E-state index in [-0.39, 0.29) is 6.10 Å². The first kappa shape index (κ1) is 11.0. The van der Waals surface area contributed by atoms with Crippen molar-refractivity contribution >= 4 is 0 Å². The predicted molar refractivity (Wildman–Crippen MR) is 64.4 cm³/mol. The van der Waals surface area contributed by atoms with Crippen LogP contribution in [0.1, 0.15) is 38.5 Å². The van der Waals surface area contributed by atoms with E-state index in [0.717, 1.165) is 24.8 Å². The molecule has 2 aliphatic heterocycles. The van der Waals surface area contributed by atoms with Gasteiger partial charge in [-0.3, -0.25) is 0 Å². The largest absolute Gasteiger partial charge is 0.393 e. The maximum atomic E-state index is 9.50. The Morgan fingerprint density at radius 2 is 1.69 bits per heavy atom. The highest BCUT2D eigenvalue weighted by atomic mass is 16.3. The number of nitrogens with zero attached hydrogens (tertiary/aromatic N) is 1. The quantitative estimate of drug-likeness (QED) is 0.734. The molecule has 3 unspecified atom stereocenters. The molecule has 3 atom stereocenters. The van der Waals surface area contributed by atoms with Crippen LogP contribution in [0.25, 0.3) is 0 Å². The van der Waals surface area contributed by atoms with Gasteiger partial charge >= 0.3 is 0 Å². The molecule has 1 saturated carbocycles. The normalized spacial score (nSPS) is 48.2. The maximum Gasteiger partial charge on any atom is 0.0541 e. The van der Waals surface area contributed by atoms with Gasteiger partial charge in [-0.25, -0.2) is 0 Å². The molecule has 3 heteroatoms. The molecule has 0 aromatic carbocycles. The van der Waals surface area contributed by atoms with Gasteiger partial charge in [0.15, 0.2) is 0 Å². The van der Waals surface area contributed by atoms with E-state index in [9.17, 15) is 5.11 Å². The van der Waals surface area contributed by atoms with Crippen molar-refractivity contribution in [3.05, 3.63) is 0 Å². The van der Waals surface area contributed by atoms with Crippen molar-refractivity contribution in [1.82, 2.24) is 10.2 Å². The lowest BCUT2D eigenvalue weighted by atomic mass is 9.89. The Hall–Kier alpha value is -0.120. The number of aliphatic hydroxyl groups is 1. The summed E-state index contributed by atoms with van der Waals surface area (Å²) in [4.78, 5) is 2.60. The molecule has 0 amide bonds. The molecule has 2 saturated heterocycles. The van der Waals surface area contributed by atoms with E-state index < -0.39 is 0 Å². The molecule has 0 radical (unpaired) electrons. The van der Waals surface area contributed by atoms with Crippen LogP contribution in [0.4, 0.5) is 0 Å². The smallest absolute Gasteiger partial charge is 0.0541 e. The molecule has 16 heavy (non-hydrogen) atoms. The summed E-state index contributed by atoms with van der Waals surface area (Å²) in [6, 6.07) is 1.44. The first-order chi connectivity index (χ1) is 7.81. The fraction of sp³-hybridized carbons (Fsp3) is 1.00. The highest BCUT2D eigenvalue weighted by Crippen LogP contribution is 2.29. The number of hydrogen-bond acceptors (Lipinski definition) is 3. The summed E-state index contributed by atoms with van der Waals surface area (Å²) in [6.45, 7) is 3.95. The third-order valence-electron chi connectivity index (χ3n) is 4.78. The lowest BCUT2D eigenvalue weighted by Gasteiger charge is -2.36. The van der Waals surface area contributed by atoms with E-state index in [2.05, 4.69) is 10.2 Å². The standard InChI is InChI=1S/C13H24N2O/c16-12-3-1-11(2-4-12)14-13-6-8-15-7-5-10(13)9-15/h10-14,16H,1-9H2. The van der Waals surface area contributed by atoms with E-state index in [1.165, 1.54) is 45.3 Å². The van der Waals surface area contributed by atoms with Crippen LogP contribution in [0, 0.1) is 5.92 Å². The SMILES string of the molecule is OC1CCC(NC2CCN3CCC2C3)CC1. The fourth-order valence-corrected chi connectivity index (χ4v) is 3.72. The zero-order valence-electron chi connectivity index (χ0n) is 10.1. The van der Waals surface area contributed by atoms with Crippen molar-refractivity contribution in [3.63, 3.8) is 0 Å². The van der Waals surface area contributed by atoms with Crippen LogP contribution in [0.3, 0.4) is 0 Å². The van der Waals surface area contributed by atoms with Gasteiger partial charge in [0.25, 0.3) is 0 Å². The lowest BCUT2D eigenvalue weighted by molar-refractivity contribution is 0.107. The van der Waals surface area contributed by atoms with Gasteiger partial charge in [-0.1, -0.05) is 0 Å². The van der Waals surface area contributed by atoms with Gasteiger partial charge in [-0.2, -0.15) is 0 Å². The Morgan fingerprint density at radius 3 is 2.50 bits per heavy atom. The molecule has 92 valence electrons. The zero-order valence-corrected chi connectivity index (χ0v) is 10.1. The molecule has 3 rings (SSSR count). The number of hydrogen-bond donors (Lipinski definition) is 2. The Bertz CT molecular complexity index is 238. The Balaban J connectivity index is 1.50. The van der Waals surface area contributed by atoms with Gasteiger partial charge in [-0.05, 0) is 57.5 Å². The minimum Gasteiger partial charge on any atom is -0.393 e. The van der Waals surface area contributed by atoms with Gasteiger partial charge in [0.1, 0.15) is 0 Å². The molecule has 3 aliphatic rings. The van der Waals surface area contributed by atoms with Crippen LogP contribution in [0.15, 0.2) is 0 Å². The van der Waals surface area contributed by atoms with Gasteiger partial charge in [0, 0.05) is 18.6 Å². The summed E-state index contributed by atoms with van der Waals surface area (Å²) >= 11 is 0. The first-order valence-corrected chi connectivity index (χ1v) is 6.98. The predicted octanol–water partition coefficient (Wildman–Crippen LogP) is 0.974. The minimum atomic E-state index is -0.0219. The third-order valence-corrected chi connectivity index (χ3v) is 4.78. The highest BCUT2D eigenvalue weighted by molar-refractivity contribution is 4.92. The average molecular weight is 224 g/mol. The Labute approximate surface area is 98.2 Å². The lowest BCUT2D eigenvalue weighted by Crippen LogP contribution is -2.49. The third kappa shape index (κ3) is 2.27. The van der Waals surface area contributed by atoms with E-state index in [4.69, 9.17) is 0 Å². The molecule has 2 bridgehead atoms. The second kappa shape index (κ2) is 4.63. The number of piperidine rings is 1. The summed E-state index contributed by atoms with van der Waals surface area (Å²) in [6.07, 6.45) is 7.06. The number of rotatable bonds is 2. The number of fused-ring (bicyclic) bond motifs is 2. The minimum absolute atomic E-state index is 0.0219. The van der Waals surface area contributed by atoms with Crippen LogP contribution in [-0.2, 0) is 0 Å².